The van der Waals surface area contributed by atoms with Crippen LogP contribution in [0.2, 0.25) is 0 Å². The SMILES string of the molecule is COC(=O)C1=C(C(=O)OC)N(c2ccc([N+](=O)[O-])c([N+](=O)[O-])c2)C(N)=C(C#N)C1c1ccccc1. The molecule has 1 heterocycles. The van der Waals surface area contributed by atoms with Crippen molar-refractivity contribution in [3.63, 3.8) is 0 Å². The van der Waals surface area contributed by atoms with Crippen molar-refractivity contribution < 1.29 is 28.9 Å². The molecule has 178 valence electrons. The molecule has 0 saturated carbocycles. The first-order chi connectivity index (χ1) is 16.7. The topological polar surface area (TPSA) is 192 Å². The van der Waals surface area contributed by atoms with Crippen LogP contribution in [0, 0.1) is 31.6 Å². The highest BCUT2D eigenvalue weighted by Gasteiger charge is 2.43. The standard InChI is InChI=1S/C22H17N5O8/c1-34-21(28)18-17(12-6-4-3-5-7-12)14(11-23)20(24)25(19(18)22(29)35-2)13-8-9-15(26(30)31)16(10-13)27(32)33/h3-10,17H,24H2,1-2H3. The molecule has 2 aromatic rings. The number of methoxy groups -OCH3 is 2. The fourth-order valence-electron chi connectivity index (χ4n) is 3.73. The van der Waals surface area contributed by atoms with E-state index >= 15 is 0 Å². The van der Waals surface area contributed by atoms with Crippen LogP contribution in [0.5, 0.6) is 0 Å². The molecule has 0 spiro atoms. The van der Waals surface area contributed by atoms with Gasteiger partial charge in [0.25, 0.3) is 0 Å². The number of nitro benzene ring substituents is 2. The molecule has 1 aliphatic heterocycles. The van der Waals surface area contributed by atoms with Crippen LogP contribution in [0.25, 0.3) is 0 Å². The molecule has 3 rings (SSSR count). The summed E-state index contributed by atoms with van der Waals surface area (Å²) < 4.78 is 9.75. The average Bonchev–Trinajstić information content (AvgIpc) is 2.86. The number of hydrogen-bond donors (Lipinski definition) is 1. The van der Waals surface area contributed by atoms with Gasteiger partial charge in [0.05, 0.1) is 52.9 Å². The number of nitrogens with two attached hydrogens (primary N) is 1. The number of ether oxygens (including phenoxy) is 2. The summed E-state index contributed by atoms with van der Waals surface area (Å²) in [5, 5.41) is 32.7. The maximum atomic E-state index is 13.0. The van der Waals surface area contributed by atoms with Crippen LogP contribution in [0.4, 0.5) is 17.1 Å². The summed E-state index contributed by atoms with van der Waals surface area (Å²) in [4.78, 5) is 47.6. The van der Waals surface area contributed by atoms with E-state index in [0.717, 1.165) is 37.3 Å². The van der Waals surface area contributed by atoms with Gasteiger partial charge < -0.3 is 15.2 Å². The van der Waals surface area contributed by atoms with Crippen molar-refractivity contribution in [3.05, 3.63) is 97.0 Å². The van der Waals surface area contributed by atoms with Gasteiger partial charge in [0.15, 0.2) is 0 Å². The fraction of sp³-hybridized carbons (Fsp3) is 0.136. The Hall–Kier alpha value is -5.25. The third-order valence-electron chi connectivity index (χ3n) is 5.22. The molecule has 0 fully saturated rings. The maximum Gasteiger partial charge on any atom is 0.355 e. The van der Waals surface area contributed by atoms with Crippen molar-refractivity contribution in [2.75, 3.05) is 19.1 Å². The Morgan fingerprint density at radius 2 is 1.60 bits per heavy atom. The Morgan fingerprint density at radius 3 is 2.11 bits per heavy atom. The minimum Gasteiger partial charge on any atom is -0.466 e. The first kappa shape index (κ1) is 24.4. The Bertz CT molecular complexity index is 1340. The summed E-state index contributed by atoms with van der Waals surface area (Å²) in [7, 11) is 2.11. The van der Waals surface area contributed by atoms with Crippen LogP contribution in [-0.4, -0.2) is 36.0 Å². The molecule has 35 heavy (non-hydrogen) atoms. The molecule has 2 aromatic carbocycles. The predicted molar refractivity (Wildman–Crippen MR) is 119 cm³/mol. The zero-order valence-corrected chi connectivity index (χ0v) is 18.3. The van der Waals surface area contributed by atoms with Crippen molar-refractivity contribution in [3.8, 4) is 6.07 Å². The van der Waals surface area contributed by atoms with Gasteiger partial charge in [-0.2, -0.15) is 5.26 Å². The maximum absolute atomic E-state index is 13.0. The minimum absolute atomic E-state index is 0.162. The highest BCUT2D eigenvalue weighted by Crippen LogP contribution is 2.44. The summed E-state index contributed by atoms with van der Waals surface area (Å²) in [5.41, 5.74) is 3.89. The highest BCUT2D eigenvalue weighted by atomic mass is 16.6. The Labute approximate surface area is 197 Å². The lowest BCUT2D eigenvalue weighted by atomic mass is 9.81. The van der Waals surface area contributed by atoms with E-state index in [4.69, 9.17) is 15.2 Å². The molecule has 0 aliphatic carbocycles. The van der Waals surface area contributed by atoms with Gasteiger partial charge in [-0.3, -0.25) is 25.1 Å². The molecule has 1 aliphatic rings. The summed E-state index contributed by atoms with van der Waals surface area (Å²) in [6, 6.07) is 12.9. The number of esters is 2. The molecular weight excluding hydrogens is 462 g/mol. The molecule has 1 unspecified atom stereocenters. The van der Waals surface area contributed by atoms with E-state index in [0.29, 0.717) is 5.56 Å². The van der Waals surface area contributed by atoms with Crippen molar-refractivity contribution >= 4 is 29.0 Å². The monoisotopic (exact) mass is 479 g/mol. The quantitative estimate of drug-likeness (QED) is 0.363. The van der Waals surface area contributed by atoms with E-state index in [1.807, 2.05) is 6.07 Å². The van der Waals surface area contributed by atoms with E-state index in [1.54, 1.807) is 30.3 Å². The Morgan fingerprint density at radius 1 is 1.00 bits per heavy atom. The summed E-state index contributed by atoms with van der Waals surface area (Å²) in [6.07, 6.45) is 0. The second-order valence-corrected chi connectivity index (χ2v) is 7.02. The van der Waals surface area contributed by atoms with E-state index in [9.17, 15) is 35.1 Å². The van der Waals surface area contributed by atoms with Gasteiger partial charge >= 0.3 is 23.3 Å². The molecule has 0 aromatic heterocycles. The van der Waals surface area contributed by atoms with Gasteiger partial charge in [-0.05, 0) is 11.6 Å². The van der Waals surface area contributed by atoms with Gasteiger partial charge in [0.1, 0.15) is 11.5 Å². The molecule has 0 amide bonds. The number of nitriles is 1. The first-order valence-corrected chi connectivity index (χ1v) is 9.76. The number of nitro groups is 2. The lowest BCUT2D eigenvalue weighted by molar-refractivity contribution is -0.422. The first-order valence-electron chi connectivity index (χ1n) is 9.76. The fourth-order valence-corrected chi connectivity index (χ4v) is 3.73. The zero-order valence-electron chi connectivity index (χ0n) is 18.3. The molecular formula is C22H17N5O8. The van der Waals surface area contributed by atoms with Gasteiger partial charge in [0.2, 0.25) is 0 Å². The normalized spacial score (nSPS) is 15.3. The Kier molecular flexibility index (Phi) is 6.77. The second kappa shape index (κ2) is 9.71. The van der Waals surface area contributed by atoms with Gasteiger partial charge in [-0.25, -0.2) is 9.59 Å². The largest absolute Gasteiger partial charge is 0.466 e. The van der Waals surface area contributed by atoms with Crippen molar-refractivity contribution in [1.29, 1.82) is 5.26 Å². The van der Waals surface area contributed by atoms with Crippen LogP contribution in [0.1, 0.15) is 11.5 Å². The van der Waals surface area contributed by atoms with Crippen LogP contribution in [0.15, 0.2) is 71.2 Å². The van der Waals surface area contributed by atoms with Crippen LogP contribution < -0.4 is 10.6 Å². The third kappa shape index (κ3) is 4.23. The summed E-state index contributed by atoms with van der Waals surface area (Å²) in [6.45, 7) is 0. The van der Waals surface area contributed by atoms with Gasteiger partial charge in [-0.15, -0.1) is 0 Å². The van der Waals surface area contributed by atoms with Crippen molar-refractivity contribution in [1.82, 2.24) is 0 Å². The third-order valence-corrected chi connectivity index (χ3v) is 5.22. The number of carbonyl (C=O) groups is 2. The van der Waals surface area contributed by atoms with E-state index in [1.165, 1.54) is 0 Å². The van der Waals surface area contributed by atoms with Gasteiger partial charge in [0, 0.05) is 12.1 Å². The van der Waals surface area contributed by atoms with Crippen molar-refractivity contribution in [2.24, 2.45) is 5.73 Å². The summed E-state index contributed by atoms with van der Waals surface area (Å²) >= 11 is 0. The molecule has 1 atom stereocenters. The number of rotatable bonds is 6. The number of nitrogens with zero attached hydrogens (tertiary/aromatic N) is 4. The van der Waals surface area contributed by atoms with Gasteiger partial charge in [-0.1, -0.05) is 30.3 Å². The molecule has 13 nitrogen and oxygen atoms in total. The minimum atomic E-state index is -1.13. The molecule has 2 N–H and O–H groups in total. The lowest BCUT2D eigenvalue weighted by Gasteiger charge is -2.35. The molecule has 0 bridgehead atoms. The molecule has 0 saturated heterocycles. The molecule has 13 heteroatoms. The summed E-state index contributed by atoms with van der Waals surface area (Å²) in [5.74, 6) is -3.52. The van der Waals surface area contributed by atoms with Crippen LogP contribution >= 0.6 is 0 Å². The number of hydrogen-bond acceptors (Lipinski definition) is 11. The second-order valence-electron chi connectivity index (χ2n) is 7.02. The number of anilines is 1. The zero-order chi connectivity index (χ0) is 25.9. The number of carbonyl (C=O) groups excluding carboxylic acids is 2. The predicted octanol–water partition coefficient (Wildman–Crippen LogP) is 2.40. The Balaban J connectivity index is 2.44. The van der Waals surface area contributed by atoms with E-state index < -0.39 is 44.8 Å². The average molecular weight is 479 g/mol. The lowest BCUT2D eigenvalue weighted by Crippen LogP contribution is -2.40. The van der Waals surface area contributed by atoms with E-state index in [-0.39, 0.29) is 22.7 Å². The highest BCUT2D eigenvalue weighted by molar-refractivity contribution is 6.06. The number of allylic oxidation sites excluding steroid dienone is 1. The van der Waals surface area contributed by atoms with Crippen molar-refractivity contribution in [2.45, 2.75) is 5.92 Å². The number of benzene rings is 2. The van der Waals surface area contributed by atoms with Crippen LogP contribution in [0.3, 0.4) is 0 Å². The smallest absolute Gasteiger partial charge is 0.355 e. The van der Waals surface area contributed by atoms with Crippen LogP contribution in [-0.2, 0) is 19.1 Å². The molecule has 0 radical (unpaired) electrons. The van der Waals surface area contributed by atoms with E-state index in [2.05, 4.69) is 0 Å².